The predicted molar refractivity (Wildman–Crippen MR) is 56.9 cm³/mol. The van der Waals surface area contributed by atoms with Crippen molar-refractivity contribution in [2.45, 2.75) is 20.3 Å². The molecule has 3 heteroatoms. The molecule has 0 saturated heterocycles. The highest BCUT2D eigenvalue weighted by molar-refractivity contribution is 5.91. The predicted octanol–water partition coefficient (Wildman–Crippen LogP) is 1.91. The van der Waals surface area contributed by atoms with Crippen LogP contribution in [0.15, 0.2) is 18.2 Å². The molecule has 0 atom stereocenters. The molecule has 0 N–H and O–H groups in total. The normalized spacial score (nSPS) is 9.80. The summed E-state index contributed by atoms with van der Waals surface area (Å²) in [6, 6.07) is 5.39. The minimum absolute atomic E-state index is 0.0784. The van der Waals surface area contributed by atoms with Gasteiger partial charge in [-0.05, 0) is 31.0 Å². The summed E-state index contributed by atoms with van der Waals surface area (Å²) in [5.74, 6) is -0.285. The molecule has 3 nitrogen and oxygen atoms in total. The van der Waals surface area contributed by atoms with Crippen molar-refractivity contribution in [3.63, 3.8) is 0 Å². The fraction of sp³-hybridized carbons (Fsp3) is 0.333. The Morgan fingerprint density at radius 3 is 2.53 bits per heavy atom. The van der Waals surface area contributed by atoms with Gasteiger partial charge in [-0.15, -0.1) is 0 Å². The first-order valence-corrected chi connectivity index (χ1v) is 4.72. The molecule has 0 aliphatic heterocycles. The summed E-state index contributed by atoms with van der Waals surface area (Å²) in [7, 11) is 1.35. The number of esters is 1. The Morgan fingerprint density at radius 1 is 1.33 bits per heavy atom. The Kier molecular flexibility index (Phi) is 3.61. The Balaban J connectivity index is 3.05. The summed E-state index contributed by atoms with van der Waals surface area (Å²) in [6.07, 6.45) is 0.351. The van der Waals surface area contributed by atoms with Gasteiger partial charge in [0, 0.05) is 6.42 Å². The van der Waals surface area contributed by atoms with Crippen molar-refractivity contribution in [1.29, 1.82) is 0 Å². The highest BCUT2D eigenvalue weighted by Crippen LogP contribution is 2.13. The van der Waals surface area contributed by atoms with E-state index in [2.05, 4.69) is 4.74 Å². The van der Waals surface area contributed by atoms with E-state index in [9.17, 15) is 9.59 Å². The second-order valence-corrected chi connectivity index (χ2v) is 3.52. The zero-order valence-electron chi connectivity index (χ0n) is 9.16. The first-order chi connectivity index (χ1) is 7.04. The smallest absolute Gasteiger partial charge is 0.338 e. The van der Waals surface area contributed by atoms with E-state index in [1.807, 2.05) is 19.1 Å². The van der Waals surface area contributed by atoms with Gasteiger partial charge in [0.25, 0.3) is 0 Å². The van der Waals surface area contributed by atoms with E-state index < -0.39 is 0 Å². The van der Waals surface area contributed by atoms with Gasteiger partial charge in [0.1, 0.15) is 5.78 Å². The van der Waals surface area contributed by atoms with E-state index in [0.29, 0.717) is 12.0 Å². The largest absolute Gasteiger partial charge is 0.465 e. The van der Waals surface area contributed by atoms with Gasteiger partial charge in [0.2, 0.25) is 0 Å². The zero-order valence-corrected chi connectivity index (χ0v) is 9.16. The SMILES string of the molecule is COC(=O)c1cc(CC(C)=O)ccc1C. The topological polar surface area (TPSA) is 43.4 Å². The number of hydrogen-bond acceptors (Lipinski definition) is 3. The molecule has 0 unspecified atom stereocenters. The van der Waals surface area contributed by atoms with Gasteiger partial charge < -0.3 is 4.74 Å². The molecule has 0 amide bonds. The van der Waals surface area contributed by atoms with E-state index in [1.54, 1.807) is 6.07 Å². The van der Waals surface area contributed by atoms with Crippen LogP contribution < -0.4 is 0 Å². The molecule has 0 radical (unpaired) electrons. The van der Waals surface area contributed by atoms with Crippen LogP contribution in [0.2, 0.25) is 0 Å². The van der Waals surface area contributed by atoms with Crippen LogP contribution in [-0.2, 0) is 16.0 Å². The standard InChI is InChI=1S/C12H14O3/c1-8-4-5-10(6-9(2)13)7-11(8)12(14)15-3/h4-5,7H,6H2,1-3H3. The van der Waals surface area contributed by atoms with E-state index in [4.69, 9.17) is 0 Å². The lowest BCUT2D eigenvalue weighted by atomic mass is 10.0. The highest BCUT2D eigenvalue weighted by atomic mass is 16.5. The second-order valence-electron chi connectivity index (χ2n) is 3.52. The number of carbonyl (C=O) groups excluding carboxylic acids is 2. The lowest BCUT2D eigenvalue weighted by Gasteiger charge is -2.05. The monoisotopic (exact) mass is 206 g/mol. The molecule has 0 bridgehead atoms. The molecule has 0 aliphatic carbocycles. The summed E-state index contributed by atoms with van der Waals surface area (Å²) in [5, 5.41) is 0. The number of rotatable bonds is 3. The van der Waals surface area contributed by atoms with Crippen molar-refractivity contribution in [2.24, 2.45) is 0 Å². The lowest BCUT2D eigenvalue weighted by molar-refractivity contribution is -0.116. The minimum atomic E-state index is -0.363. The number of aryl methyl sites for hydroxylation is 1. The van der Waals surface area contributed by atoms with Gasteiger partial charge in [0.05, 0.1) is 12.7 Å². The van der Waals surface area contributed by atoms with Crippen LogP contribution in [-0.4, -0.2) is 18.9 Å². The van der Waals surface area contributed by atoms with Crippen molar-refractivity contribution in [2.75, 3.05) is 7.11 Å². The average molecular weight is 206 g/mol. The molecular weight excluding hydrogens is 192 g/mol. The highest BCUT2D eigenvalue weighted by Gasteiger charge is 2.10. The van der Waals surface area contributed by atoms with Crippen LogP contribution in [0, 0.1) is 6.92 Å². The molecule has 1 aromatic carbocycles. The molecule has 0 aliphatic rings. The summed E-state index contributed by atoms with van der Waals surface area (Å²) in [6.45, 7) is 3.36. The van der Waals surface area contributed by atoms with Crippen molar-refractivity contribution < 1.29 is 14.3 Å². The van der Waals surface area contributed by atoms with Gasteiger partial charge in [-0.1, -0.05) is 12.1 Å². The molecule has 0 spiro atoms. The Labute approximate surface area is 89.1 Å². The fourth-order valence-corrected chi connectivity index (χ4v) is 1.40. The number of Topliss-reactive ketones (excluding diaryl/α,β-unsaturated/α-hetero) is 1. The molecule has 0 aromatic heterocycles. The summed E-state index contributed by atoms with van der Waals surface area (Å²) >= 11 is 0. The first kappa shape index (κ1) is 11.4. The average Bonchev–Trinajstić information content (AvgIpc) is 2.19. The molecule has 1 aromatic rings. The molecular formula is C12H14O3. The van der Waals surface area contributed by atoms with Crippen molar-refractivity contribution in [3.05, 3.63) is 34.9 Å². The number of ketones is 1. The Bertz CT molecular complexity index is 394. The molecule has 1 rings (SSSR count). The number of methoxy groups -OCH3 is 1. The van der Waals surface area contributed by atoms with Crippen molar-refractivity contribution in [3.8, 4) is 0 Å². The van der Waals surface area contributed by atoms with Crippen molar-refractivity contribution >= 4 is 11.8 Å². The number of ether oxygens (including phenoxy) is 1. The zero-order chi connectivity index (χ0) is 11.4. The van der Waals surface area contributed by atoms with Crippen molar-refractivity contribution in [1.82, 2.24) is 0 Å². The summed E-state index contributed by atoms with van der Waals surface area (Å²) in [5.41, 5.74) is 2.22. The maximum absolute atomic E-state index is 11.4. The second kappa shape index (κ2) is 4.73. The van der Waals surface area contributed by atoms with Gasteiger partial charge >= 0.3 is 5.97 Å². The maximum atomic E-state index is 11.4. The fourth-order valence-electron chi connectivity index (χ4n) is 1.40. The third-order valence-electron chi connectivity index (χ3n) is 2.16. The molecule has 0 heterocycles. The van der Waals surface area contributed by atoms with Crippen LogP contribution in [0.3, 0.4) is 0 Å². The van der Waals surface area contributed by atoms with E-state index >= 15 is 0 Å². The third kappa shape index (κ3) is 2.91. The van der Waals surface area contributed by atoms with Crippen LogP contribution in [0.4, 0.5) is 0 Å². The summed E-state index contributed by atoms with van der Waals surface area (Å²) in [4.78, 5) is 22.3. The van der Waals surface area contributed by atoms with Crippen LogP contribution in [0.25, 0.3) is 0 Å². The summed E-state index contributed by atoms with van der Waals surface area (Å²) < 4.78 is 4.65. The first-order valence-electron chi connectivity index (χ1n) is 4.72. The molecule has 80 valence electrons. The quantitative estimate of drug-likeness (QED) is 0.709. The molecule has 0 fully saturated rings. The van der Waals surface area contributed by atoms with Crippen LogP contribution in [0.1, 0.15) is 28.4 Å². The Hall–Kier alpha value is -1.64. The number of carbonyl (C=O) groups is 2. The third-order valence-corrected chi connectivity index (χ3v) is 2.16. The van der Waals surface area contributed by atoms with Crippen LogP contribution >= 0.6 is 0 Å². The van der Waals surface area contributed by atoms with E-state index in [-0.39, 0.29) is 11.8 Å². The number of hydrogen-bond donors (Lipinski definition) is 0. The molecule has 15 heavy (non-hydrogen) atoms. The van der Waals surface area contributed by atoms with Gasteiger partial charge in [0.15, 0.2) is 0 Å². The van der Waals surface area contributed by atoms with Crippen LogP contribution in [0.5, 0.6) is 0 Å². The van der Waals surface area contributed by atoms with Gasteiger partial charge in [-0.2, -0.15) is 0 Å². The maximum Gasteiger partial charge on any atom is 0.338 e. The van der Waals surface area contributed by atoms with E-state index in [1.165, 1.54) is 14.0 Å². The molecule has 0 saturated carbocycles. The Morgan fingerprint density at radius 2 is 2.00 bits per heavy atom. The minimum Gasteiger partial charge on any atom is -0.465 e. The van der Waals surface area contributed by atoms with Gasteiger partial charge in [-0.3, -0.25) is 4.79 Å². The van der Waals surface area contributed by atoms with E-state index in [0.717, 1.165) is 11.1 Å². The van der Waals surface area contributed by atoms with Gasteiger partial charge in [-0.25, -0.2) is 4.79 Å². The lowest BCUT2D eigenvalue weighted by Crippen LogP contribution is -2.06. The number of benzene rings is 1.